The molecule has 0 aliphatic heterocycles. The van der Waals surface area contributed by atoms with Gasteiger partial charge in [0, 0.05) is 25.5 Å². The molecule has 0 unspecified atom stereocenters. The molecule has 0 fully saturated rings. The van der Waals surface area contributed by atoms with Gasteiger partial charge < -0.3 is 10.1 Å². The number of carbonyl (C=O) groups is 1. The first-order valence-electron chi connectivity index (χ1n) is 6.24. The molecule has 2 aromatic rings. The van der Waals surface area contributed by atoms with Gasteiger partial charge >= 0.3 is 6.03 Å². The standard InChI is InChI=1S/C14H17N3O2/c18-14(17-9-8-15-12-17)16-7-4-10-19-11-13-5-2-1-3-6-13/h1-3,5-6,8-9,12H,4,7,10-11H2,(H,16,18). The molecule has 5 heteroatoms. The van der Waals surface area contributed by atoms with Crippen LogP contribution in [0.3, 0.4) is 0 Å². The molecule has 0 aliphatic carbocycles. The molecule has 1 aromatic heterocycles. The summed E-state index contributed by atoms with van der Waals surface area (Å²) in [7, 11) is 0. The number of nitrogens with one attached hydrogen (secondary N) is 1. The van der Waals surface area contributed by atoms with E-state index in [1.54, 1.807) is 12.4 Å². The molecule has 1 heterocycles. The molecule has 0 atom stereocenters. The van der Waals surface area contributed by atoms with Crippen LogP contribution in [-0.4, -0.2) is 28.7 Å². The number of ether oxygens (including phenoxy) is 1. The van der Waals surface area contributed by atoms with E-state index < -0.39 is 0 Å². The molecule has 0 saturated heterocycles. The van der Waals surface area contributed by atoms with Crippen LogP contribution in [0.25, 0.3) is 0 Å². The molecule has 1 amide bonds. The van der Waals surface area contributed by atoms with Crippen LogP contribution in [0.2, 0.25) is 0 Å². The Morgan fingerprint density at radius 1 is 1.32 bits per heavy atom. The monoisotopic (exact) mass is 259 g/mol. The number of rotatable bonds is 6. The van der Waals surface area contributed by atoms with Crippen molar-refractivity contribution in [1.29, 1.82) is 0 Å². The zero-order valence-corrected chi connectivity index (χ0v) is 10.7. The first kappa shape index (κ1) is 13.3. The van der Waals surface area contributed by atoms with Crippen molar-refractivity contribution >= 4 is 6.03 Å². The number of hydrogen-bond donors (Lipinski definition) is 1. The lowest BCUT2D eigenvalue weighted by Crippen LogP contribution is -2.29. The van der Waals surface area contributed by atoms with Crippen molar-refractivity contribution < 1.29 is 9.53 Å². The summed E-state index contributed by atoms with van der Waals surface area (Å²) in [5.74, 6) is 0. The Morgan fingerprint density at radius 3 is 2.89 bits per heavy atom. The molecular weight excluding hydrogens is 242 g/mol. The lowest BCUT2D eigenvalue weighted by atomic mass is 10.2. The molecule has 0 saturated carbocycles. The van der Waals surface area contributed by atoms with Crippen LogP contribution >= 0.6 is 0 Å². The predicted molar refractivity (Wildman–Crippen MR) is 71.7 cm³/mol. The lowest BCUT2D eigenvalue weighted by Gasteiger charge is -2.06. The molecule has 100 valence electrons. The zero-order chi connectivity index (χ0) is 13.3. The van der Waals surface area contributed by atoms with E-state index in [0.717, 1.165) is 12.0 Å². The maximum atomic E-state index is 11.5. The van der Waals surface area contributed by atoms with E-state index in [0.29, 0.717) is 19.8 Å². The van der Waals surface area contributed by atoms with E-state index in [9.17, 15) is 4.79 Å². The van der Waals surface area contributed by atoms with Gasteiger partial charge in [-0.3, -0.25) is 4.57 Å². The molecule has 0 bridgehead atoms. The molecule has 5 nitrogen and oxygen atoms in total. The number of amides is 1. The average Bonchev–Trinajstić information content (AvgIpc) is 2.98. The van der Waals surface area contributed by atoms with Crippen molar-refractivity contribution in [3.8, 4) is 0 Å². The highest BCUT2D eigenvalue weighted by Crippen LogP contribution is 2.00. The van der Waals surface area contributed by atoms with Gasteiger partial charge in [-0.15, -0.1) is 0 Å². The van der Waals surface area contributed by atoms with Crippen LogP contribution in [0, 0.1) is 0 Å². The van der Waals surface area contributed by atoms with E-state index in [-0.39, 0.29) is 6.03 Å². The minimum atomic E-state index is -0.166. The highest BCUT2D eigenvalue weighted by Gasteiger charge is 2.01. The second kappa shape index (κ2) is 7.33. The number of benzene rings is 1. The summed E-state index contributed by atoms with van der Waals surface area (Å²) in [6.07, 6.45) is 5.44. The molecule has 19 heavy (non-hydrogen) atoms. The molecule has 1 N–H and O–H groups in total. The van der Waals surface area contributed by atoms with Crippen molar-refractivity contribution in [1.82, 2.24) is 14.9 Å². The molecule has 2 rings (SSSR count). The largest absolute Gasteiger partial charge is 0.377 e. The lowest BCUT2D eigenvalue weighted by molar-refractivity contribution is 0.118. The van der Waals surface area contributed by atoms with Crippen LogP contribution in [0.4, 0.5) is 4.79 Å². The first-order chi connectivity index (χ1) is 9.36. The van der Waals surface area contributed by atoms with Crippen molar-refractivity contribution in [2.24, 2.45) is 0 Å². The van der Waals surface area contributed by atoms with Crippen molar-refractivity contribution in [3.63, 3.8) is 0 Å². The number of nitrogens with zero attached hydrogens (tertiary/aromatic N) is 2. The third-order valence-electron chi connectivity index (χ3n) is 2.59. The Labute approximate surface area is 112 Å². The fourth-order valence-electron chi connectivity index (χ4n) is 1.60. The summed E-state index contributed by atoms with van der Waals surface area (Å²) in [6, 6.07) is 9.85. The number of aromatic nitrogens is 2. The van der Waals surface area contributed by atoms with Crippen LogP contribution in [-0.2, 0) is 11.3 Å². The van der Waals surface area contributed by atoms with Crippen LogP contribution in [0.5, 0.6) is 0 Å². The maximum absolute atomic E-state index is 11.5. The maximum Gasteiger partial charge on any atom is 0.326 e. The third-order valence-corrected chi connectivity index (χ3v) is 2.59. The predicted octanol–water partition coefficient (Wildman–Crippen LogP) is 2.05. The van der Waals surface area contributed by atoms with Gasteiger partial charge in [0.05, 0.1) is 6.61 Å². The van der Waals surface area contributed by atoms with Crippen LogP contribution in [0.1, 0.15) is 12.0 Å². The second-order valence-electron chi connectivity index (χ2n) is 4.09. The number of carbonyl (C=O) groups excluding carboxylic acids is 1. The number of hydrogen-bond acceptors (Lipinski definition) is 3. The highest BCUT2D eigenvalue weighted by atomic mass is 16.5. The van der Waals surface area contributed by atoms with Gasteiger partial charge in [-0.25, -0.2) is 9.78 Å². The van der Waals surface area contributed by atoms with Gasteiger partial charge in [-0.05, 0) is 12.0 Å². The summed E-state index contributed by atoms with van der Waals surface area (Å²) in [5, 5.41) is 2.79. The van der Waals surface area contributed by atoms with E-state index in [2.05, 4.69) is 10.3 Å². The third kappa shape index (κ3) is 4.56. The minimum absolute atomic E-state index is 0.166. The average molecular weight is 259 g/mol. The molecule has 1 aromatic carbocycles. The van der Waals surface area contributed by atoms with E-state index in [1.807, 2.05) is 30.3 Å². The quantitative estimate of drug-likeness (QED) is 0.808. The fraction of sp³-hybridized carbons (Fsp3) is 0.286. The summed E-state index contributed by atoms with van der Waals surface area (Å²) >= 11 is 0. The van der Waals surface area contributed by atoms with Crippen molar-refractivity contribution in [2.75, 3.05) is 13.2 Å². The summed E-state index contributed by atoms with van der Waals surface area (Å²) in [4.78, 5) is 15.3. The van der Waals surface area contributed by atoms with Gasteiger partial charge in [-0.2, -0.15) is 0 Å². The van der Waals surface area contributed by atoms with Crippen molar-refractivity contribution in [2.45, 2.75) is 13.0 Å². The van der Waals surface area contributed by atoms with Gasteiger partial charge in [0.1, 0.15) is 6.33 Å². The molecule has 0 spiro atoms. The Balaban J connectivity index is 1.54. The van der Waals surface area contributed by atoms with Gasteiger partial charge in [0.25, 0.3) is 0 Å². The fourth-order valence-corrected chi connectivity index (χ4v) is 1.60. The van der Waals surface area contributed by atoms with Gasteiger partial charge in [0.15, 0.2) is 0 Å². The molecular formula is C14H17N3O2. The Bertz CT molecular complexity index is 483. The van der Waals surface area contributed by atoms with Gasteiger partial charge in [0.2, 0.25) is 0 Å². The minimum Gasteiger partial charge on any atom is -0.377 e. The van der Waals surface area contributed by atoms with Crippen LogP contribution in [0.15, 0.2) is 49.1 Å². The van der Waals surface area contributed by atoms with E-state index in [4.69, 9.17) is 4.74 Å². The summed E-state index contributed by atoms with van der Waals surface area (Å²) in [6.45, 7) is 1.82. The van der Waals surface area contributed by atoms with E-state index >= 15 is 0 Å². The smallest absolute Gasteiger partial charge is 0.326 e. The Kier molecular flexibility index (Phi) is 5.13. The van der Waals surface area contributed by atoms with Gasteiger partial charge in [-0.1, -0.05) is 30.3 Å². The summed E-state index contributed by atoms with van der Waals surface area (Å²) in [5.41, 5.74) is 1.16. The summed E-state index contributed by atoms with van der Waals surface area (Å²) < 4.78 is 6.93. The topological polar surface area (TPSA) is 56.1 Å². The van der Waals surface area contributed by atoms with Crippen molar-refractivity contribution in [3.05, 3.63) is 54.6 Å². The normalized spacial score (nSPS) is 10.3. The highest BCUT2D eigenvalue weighted by molar-refractivity contribution is 5.76. The molecule has 0 radical (unpaired) electrons. The SMILES string of the molecule is O=C(NCCCOCc1ccccc1)n1ccnc1. The zero-order valence-electron chi connectivity index (χ0n) is 10.7. The van der Waals surface area contributed by atoms with Crippen LogP contribution < -0.4 is 5.32 Å². The molecule has 0 aliphatic rings. The number of imidazole rings is 1. The Hall–Kier alpha value is -2.14. The second-order valence-corrected chi connectivity index (χ2v) is 4.09. The van der Waals surface area contributed by atoms with E-state index in [1.165, 1.54) is 10.9 Å². The first-order valence-corrected chi connectivity index (χ1v) is 6.24. The Morgan fingerprint density at radius 2 is 2.16 bits per heavy atom.